The molecule has 0 spiro atoms. The van der Waals surface area contributed by atoms with Gasteiger partial charge >= 0.3 is 0 Å². The van der Waals surface area contributed by atoms with E-state index < -0.39 is 0 Å². The molecule has 0 bridgehead atoms. The second-order valence-corrected chi connectivity index (χ2v) is 2.77. The van der Waals surface area contributed by atoms with Gasteiger partial charge in [0, 0.05) is 0 Å². The van der Waals surface area contributed by atoms with Gasteiger partial charge in [0.1, 0.15) is 0 Å². The van der Waals surface area contributed by atoms with Crippen LogP contribution in [0.5, 0.6) is 0 Å². The van der Waals surface area contributed by atoms with E-state index in [0.29, 0.717) is 0 Å². The van der Waals surface area contributed by atoms with Crippen LogP contribution in [0.3, 0.4) is 0 Å². The Balaban J connectivity index is -0.000000103. The lowest BCUT2D eigenvalue weighted by Crippen LogP contribution is -2.13. The topological polar surface area (TPSA) is 12.0 Å². The summed E-state index contributed by atoms with van der Waals surface area (Å²) in [6, 6.07) is 0. The average Bonchev–Trinajstić information content (AvgIpc) is 2.41. The van der Waals surface area contributed by atoms with E-state index in [2.05, 4.69) is 32.3 Å². The molecule has 0 saturated heterocycles. The number of rotatable bonds is 7. The molecule has 0 aromatic rings. The van der Waals surface area contributed by atoms with Crippen LogP contribution < -0.4 is 5.32 Å². The van der Waals surface area contributed by atoms with Crippen molar-refractivity contribution in [2.24, 2.45) is 0 Å². The zero-order valence-corrected chi connectivity index (χ0v) is 12.9. The minimum atomic E-state index is 1.12. The van der Waals surface area contributed by atoms with E-state index in [1.165, 1.54) is 38.6 Å². The minimum Gasteiger partial charge on any atom is -0.317 e. The van der Waals surface area contributed by atoms with Crippen molar-refractivity contribution in [1.29, 1.82) is 0 Å². The lowest BCUT2D eigenvalue weighted by atomic mass is 10.1. The van der Waals surface area contributed by atoms with E-state index in [1.54, 1.807) is 0 Å². The molecular formula is C15H37N. The maximum absolute atomic E-state index is 3.33. The molecule has 0 fully saturated rings. The molecule has 0 aliphatic rings. The van der Waals surface area contributed by atoms with E-state index >= 15 is 0 Å². The first-order chi connectivity index (χ1) is 7.91. The number of nitrogens with one attached hydrogen (secondary N) is 1. The molecular weight excluding hydrogens is 194 g/mol. The summed E-state index contributed by atoms with van der Waals surface area (Å²) in [5.74, 6) is 0. The van der Waals surface area contributed by atoms with Gasteiger partial charge in [-0.25, -0.2) is 0 Å². The highest BCUT2D eigenvalue weighted by Gasteiger charge is 1.86. The zero-order chi connectivity index (χ0) is 13.7. The summed E-state index contributed by atoms with van der Waals surface area (Å²) in [5.41, 5.74) is 0. The Kier molecular flexibility index (Phi) is 72.1. The van der Waals surface area contributed by atoms with Crippen LogP contribution in [0.25, 0.3) is 0 Å². The Morgan fingerprint density at radius 1 is 0.750 bits per heavy atom. The lowest BCUT2D eigenvalue weighted by molar-refractivity contribution is 0.593. The van der Waals surface area contributed by atoms with Crippen LogP contribution in [-0.4, -0.2) is 13.1 Å². The first-order valence-electron chi connectivity index (χ1n) is 7.12. The molecule has 0 atom stereocenters. The van der Waals surface area contributed by atoms with Gasteiger partial charge in [-0.1, -0.05) is 67.2 Å². The van der Waals surface area contributed by atoms with Crippen LogP contribution in [0.4, 0.5) is 0 Å². The quantitative estimate of drug-likeness (QED) is 0.455. The largest absolute Gasteiger partial charge is 0.317 e. The third-order valence-corrected chi connectivity index (χ3v) is 1.71. The van der Waals surface area contributed by atoms with Crippen molar-refractivity contribution < 1.29 is 0 Å². The average molecular weight is 231 g/mol. The van der Waals surface area contributed by atoms with E-state index in [0.717, 1.165) is 6.54 Å². The molecule has 0 unspecified atom stereocenters. The van der Waals surface area contributed by atoms with E-state index in [4.69, 9.17) is 0 Å². The number of hydrogen-bond donors (Lipinski definition) is 1. The summed E-state index contributed by atoms with van der Waals surface area (Å²) < 4.78 is 0. The van der Waals surface area contributed by atoms with Crippen molar-refractivity contribution in [3.63, 3.8) is 0 Å². The molecule has 1 heteroatoms. The second-order valence-electron chi connectivity index (χ2n) is 2.77. The van der Waals surface area contributed by atoms with Crippen molar-refractivity contribution in [3.8, 4) is 0 Å². The van der Waals surface area contributed by atoms with Crippen LogP contribution in [-0.2, 0) is 0 Å². The smallest absolute Gasteiger partial charge is 0.00490 e. The molecule has 0 aromatic heterocycles. The van der Waals surface area contributed by atoms with Gasteiger partial charge in [0.25, 0.3) is 0 Å². The van der Waals surface area contributed by atoms with Gasteiger partial charge in [-0.15, -0.1) is 13.2 Å². The second kappa shape index (κ2) is 46.5. The standard InChI is InChI=1S/C9H21N.2C2H6.C2H4/c1-3-5-6-7-8-9-10-4-2;3*1-2/h10H,3-9H2,1-2H3;2*1-2H3;1-2H2. The predicted molar refractivity (Wildman–Crippen MR) is 81.3 cm³/mol. The fourth-order valence-electron chi connectivity index (χ4n) is 1.03. The number of hydrogen-bond acceptors (Lipinski definition) is 1. The van der Waals surface area contributed by atoms with Gasteiger partial charge in [-0.2, -0.15) is 0 Å². The summed E-state index contributed by atoms with van der Waals surface area (Å²) in [5, 5.41) is 3.33. The normalized spacial score (nSPS) is 7.38. The maximum Gasteiger partial charge on any atom is -0.00490 e. The Hall–Kier alpha value is -0.300. The minimum absolute atomic E-state index is 1.12. The first-order valence-corrected chi connectivity index (χ1v) is 7.12. The predicted octanol–water partition coefficient (Wildman–Crippen LogP) is 5.42. The SMILES string of the molecule is C=C.CC.CC.CCCCCCCNCC. The summed E-state index contributed by atoms with van der Waals surface area (Å²) in [4.78, 5) is 0. The van der Waals surface area contributed by atoms with Crippen molar-refractivity contribution in [3.05, 3.63) is 13.2 Å². The molecule has 0 heterocycles. The van der Waals surface area contributed by atoms with Gasteiger partial charge in [-0.05, 0) is 19.5 Å². The molecule has 0 aromatic carbocycles. The molecule has 0 saturated carbocycles. The van der Waals surface area contributed by atoms with E-state index in [-0.39, 0.29) is 0 Å². The highest BCUT2D eigenvalue weighted by Crippen LogP contribution is 2.00. The summed E-state index contributed by atoms with van der Waals surface area (Å²) in [6.45, 7) is 20.7. The first kappa shape index (κ1) is 24.8. The lowest BCUT2D eigenvalue weighted by Gasteiger charge is -1.99. The highest BCUT2D eigenvalue weighted by atomic mass is 14.8. The molecule has 0 aliphatic carbocycles. The van der Waals surface area contributed by atoms with Crippen molar-refractivity contribution in [2.45, 2.75) is 73.6 Å². The van der Waals surface area contributed by atoms with Gasteiger partial charge in [0.2, 0.25) is 0 Å². The number of unbranched alkanes of at least 4 members (excludes halogenated alkanes) is 4. The summed E-state index contributed by atoms with van der Waals surface area (Å²) in [7, 11) is 0. The summed E-state index contributed by atoms with van der Waals surface area (Å²) in [6.07, 6.45) is 6.93. The molecule has 1 nitrogen and oxygen atoms in total. The molecule has 102 valence electrons. The van der Waals surface area contributed by atoms with Crippen LogP contribution in [0.15, 0.2) is 13.2 Å². The molecule has 0 aliphatic heterocycles. The molecule has 1 N–H and O–H groups in total. The third-order valence-electron chi connectivity index (χ3n) is 1.71. The molecule has 0 amide bonds. The van der Waals surface area contributed by atoms with Crippen LogP contribution in [0.2, 0.25) is 0 Å². The summed E-state index contributed by atoms with van der Waals surface area (Å²) >= 11 is 0. The fourth-order valence-corrected chi connectivity index (χ4v) is 1.03. The Morgan fingerprint density at radius 2 is 1.19 bits per heavy atom. The monoisotopic (exact) mass is 231 g/mol. The van der Waals surface area contributed by atoms with Gasteiger partial charge < -0.3 is 5.32 Å². The van der Waals surface area contributed by atoms with Gasteiger partial charge in [0.15, 0.2) is 0 Å². The molecule has 0 radical (unpaired) electrons. The zero-order valence-electron chi connectivity index (χ0n) is 12.9. The fraction of sp³-hybridized carbons (Fsp3) is 0.867. The Bertz CT molecular complexity index is 54.5. The van der Waals surface area contributed by atoms with Crippen LogP contribution in [0.1, 0.15) is 73.6 Å². The third kappa shape index (κ3) is 49.2. The van der Waals surface area contributed by atoms with Crippen LogP contribution in [0, 0.1) is 0 Å². The van der Waals surface area contributed by atoms with Gasteiger partial charge in [0.05, 0.1) is 0 Å². The van der Waals surface area contributed by atoms with Gasteiger partial charge in [-0.3, -0.25) is 0 Å². The Labute approximate surface area is 106 Å². The maximum atomic E-state index is 3.33. The van der Waals surface area contributed by atoms with Crippen molar-refractivity contribution in [1.82, 2.24) is 5.32 Å². The van der Waals surface area contributed by atoms with E-state index in [1.807, 2.05) is 27.7 Å². The highest BCUT2D eigenvalue weighted by molar-refractivity contribution is 4.45. The van der Waals surface area contributed by atoms with E-state index in [9.17, 15) is 0 Å². The van der Waals surface area contributed by atoms with Crippen molar-refractivity contribution in [2.75, 3.05) is 13.1 Å². The van der Waals surface area contributed by atoms with Crippen LogP contribution >= 0.6 is 0 Å². The molecule has 0 rings (SSSR count). The molecule has 16 heavy (non-hydrogen) atoms. The Morgan fingerprint density at radius 3 is 1.56 bits per heavy atom. The van der Waals surface area contributed by atoms with Crippen molar-refractivity contribution >= 4 is 0 Å².